The van der Waals surface area contributed by atoms with Crippen molar-refractivity contribution in [2.24, 2.45) is 25.9 Å². The number of amides is 4. The maximum absolute atomic E-state index is 12.4. The molecule has 16 nitrogen and oxygen atoms in total. The Bertz CT molecular complexity index is 2270. The zero-order chi connectivity index (χ0) is 41.5. The van der Waals surface area contributed by atoms with E-state index in [1.807, 2.05) is 69.9 Å². The lowest BCUT2D eigenvalue weighted by Crippen LogP contribution is -2.39. The number of aryl methyl sites for hydroxylation is 2. The van der Waals surface area contributed by atoms with E-state index in [0.717, 1.165) is 59.1 Å². The number of nitrogens with zero attached hydrogens (tertiary/aromatic N) is 6. The summed E-state index contributed by atoms with van der Waals surface area (Å²) in [7, 11) is 3.74. The van der Waals surface area contributed by atoms with Gasteiger partial charge in [0.2, 0.25) is 23.6 Å². The number of para-hydroxylation sites is 2. The van der Waals surface area contributed by atoms with Gasteiger partial charge in [-0.3, -0.25) is 48.8 Å². The van der Waals surface area contributed by atoms with Crippen molar-refractivity contribution in [2.45, 2.75) is 89.6 Å². The van der Waals surface area contributed by atoms with E-state index in [4.69, 9.17) is 4.74 Å². The van der Waals surface area contributed by atoms with Gasteiger partial charge in [-0.1, -0.05) is 24.3 Å². The average molecular weight is 797 g/mol. The minimum absolute atomic E-state index is 0.0831. The van der Waals surface area contributed by atoms with E-state index in [9.17, 15) is 33.9 Å². The van der Waals surface area contributed by atoms with Gasteiger partial charge in [0.25, 0.3) is 0 Å². The molecule has 58 heavy (non-hydrogen) atoms. The number of carbonyl (C=O) groups is 6. The standard InChI is InChI=1S/C23H30N4O4.C19H22N4O4/c1-23(2,3)31-22(30)14-10-12-27(13-11-14)17-7-5-6-15-19(25-26(4)20(15)17)16-8-9-18(28)24-21(16)29;1-22-17-12(16(21-22)13-5-6-15(24)20-18(13)25)3-2-4-14(17)23-9-7-11(8-10-23)19(26)27/h5-7,14,16H,8-13H2,1-4H3,(H,24,28,29);2-4,11,13H,5-10H2,1H3,(H,26,27)(H,20,24,25). The predicted octanol–water partition coefficient (Wildman–Crippen LogP) is 4.05. The van der Waals surface area contributed by atoms with Crippen molar-refractivity contribution in [1.29, 1.82) is 0 Å². The molecule has 308 valence electrons. The number of anilines is 2. The first-order valence-corrected chi connectivity index (χ1v) is 20.1. The molecule has 4 fully saturated rings. The lowest BCUT2D eigenvalue weighted by atomic mass is 9.92. The number of aromatic nitrogens is 4. The predicted molar refractivity (Wildman–Crippen MR) is 215 cm³/mol. The van der Waals surface area contributed by atoms with E-state index in [2.05, 4.69) is 36.7 Å². The van der Waals surface area contributed by atoms with Gasteiger partial charge in [-0.05, 0) is 71.4 Å². The first-order chi connectivity index (χ1) is 27.6. The van der Waals surface area contributed by atoms with Gasteiger partial charge in [0.05, 0.1) is 57.5 Å². The number of aliphatic carboxylic acids is 1. The Morgan fingerprint density at radius 1 is 0.672 bits per heavy atom. The third-order valence-electron chi connectivity index (χ3n) is 11.6. The molecule has 4 aromatic rings. The van der Waals surface area contributed by atoms with E-state index in [0.29, 0.717) is 63.0 Å². The number of imide groups is 2. The molecule has 0 saturated carbocycles. The van der Waals surface area contributed by atoms with Crippen molar-refractivity contribution in [1.82, 2.24) is 30.2 Å². The summed E-state index contributed by atoms with van der Waals surface area (Å²) in [5.74, 6) is -3.10. The average Bonchev–Trinajstić information content (AvgIpc) is 3.70. The highest BCUT2D eigenvalue weighted by molar-refractivity contribution is 6.05. The largest absolute Gasteiger partial charge is 0.481 e. The molecule has 0 bridgehead atoms. The molecular formula is C42H52N8O8. The minimum Gasteiger partial charge on any atom is -0.481 e. The fourth-order valence-electron chi connectivity index (χ4n) is 8.73. The van der Waals surface area contributed by atoms with E-state index in [-0.39, 0.29) is 41.4 Å². The lowest BCUT2D eigenvalue weighted by Gasteiger charge is -2.34. The fraction of sp³-hybridized carbons (Fsp3) is 0.524. The maximum Gasteiger partial charge on any atom is 0.309 e. The van der Waals surface area contributed by atoms with Crippen LogP contribution in [0.2, 0.25) is 0 Å². The molecule has 2 aromatic carbocycles. The van der Waals surface area contributed by atoms with Gasteiger partial charge in [0.1, 0.15) is 5.60 Å². The summed E-state index contributed by atoms with van der Waals surface area (Å²) >= 11 is 0. The molecule has 0 aliphatic carbocycles. The summed E-state index contributed by atoms with van der Waals surface area (Å²) in [4.78, 5) is 75.8. The zero-order valence-corrected chi connectivity index (χ0v) is 33.7. The Kier molecular flexibility index (Phi) is 11.3. The van der Waals surface area contributed by atoms with Crippen LogP contribution in [-0.4, -0.2) is 92.0 Å². The topological polar surface area (TPSA) is 198 Å². The van der Waals surface area contributed by atoms with Gasteiger partial charge in [0, 0.05) is 63.9 Å². The number of esters is 1. The molecular weight excluding hydrogens is 745 g/mol. The van der Waals surface area contributed by atoms with Gasteiger partial charge in [0.15, 0.2) is 0 Å². The summed E-state index contributed by atoms with van der Waals surface area (Å²) in [6.07, 6.45) is 4.29. The number of carboxylic acids is 1. The number of carboxylic acid groups (broad SMARTS) is 1. The molecule has 4 amide bonds. The number of hydrogen-bond donors (Lipinski definition) is 3. The first-order valence-electron chi connectivity index (χ1n) is 20.1. The summed E-state index contributed by atoms with van der Waals surface area (Å²) in [6.45, 7) is 8.53. The van der Waals surface area contributed by atoms with Gasteiger partial charge < -0.3 is 19.6 Å². The number of piperidine rings is 4. The maximum atomic E-state index is 12.4. The number of carbonyl (C=O) groups excluding carboxylic acids is 5. The summed E-state index contributed by atoms with van der Waals surface area (Å²) in [6, 6.07) is 11.9. The van der Waals surface area contributed by atoms with Crippen LogP contribution in [0.1, 0.15) is 95.4 Å². The van der Waals surface area contributed by atoms with Crippen LogP contribution in [0.5, 0.6) is 0 Å². The Balaban J connectivity index is 0.000000178. The highest BCUT2D eigenvalue weighted by Gasteiger charge is 2.35. The van der Waals surface area contributed by atoms with Crippen LogP contribution in [0.4, 0.5) is 11.4 Å². The molecule has 0 spiro atoms. The Hall–Kier alpha value is -5.80. The number of benzene rings is 2. The van der Waals surface area contributed by atoms with Crippen LogP contribution < -0.4 is 20.4 Å². The number of hydrogen-bond acceptors (Lipinski definition) is 11. The third-order valence-corrected chi connectivity index (χ3v) is 11.6. The van der Waals surface area contributed by atoms with Crippen LogP contribution in [-0.2, 0) is 47.6 Å². The second-order valence-corrected chi connectivity index (χ2v) is 16.8. The smallest absolute Gasteiger partial charge is 0.309 e. The zero-order valence-electron chi connectivity index (χ0n) is 33.7. The molecule has 16 heteroatoms. The molecule has 8 rings (SSSR count). The first kappa shape index (κ1) is 40.4. The summed E-state index contributed by atoms with van der Waals surface area (Å²) < 4.78 is 9.17. The van der Waals surface area contributed by atoms with Crippen molar-refractivity contribution in [3.63, 3.8) is 0 Å². The second-order valence-electron chi connectivity index (χ2n) is 16.8. The third kappa shape index (κ3) is 8.27. The SMILES string of the molecule is Cn1nc(C2CCC(=O)NC2=O)c2cccc(N3CCC(C(=O)O)CC3)c21.Cn1nc(C2CCC(=O)NC2=O)c2cccc(N3CCC(C(=O)OC(C)(C)C)CC3)c21. The number of fused-ring (bicyclic) bond motifs is 2. The second kappa shape index (κ2) is 16.2. The highest BCUT2D eigenvalue weighted by Crippen LogP contribution is 2.38. The van der Waals surface area contributed by atoms with E-state index in [1.165, 1.54) is 0 Å². The minimum atomic E-state index is -0.728. The monoisotopic (exact) mass is 796 g/mol. The Labute approximate surface area is 336 Å². The Morgan fingerprint density at radius 2 is 1.09 bits per heavy atom. The summed E-state index contributed by atoms with van der Waals surface area (Å²) in [5.41, 5.74) is 4.90. The van der Waals surface area contributed by atoms with Gasteiger partial charge in [-0.2, -0.15) is 10.2 Å². The molecule has 4 saturated heterocycles. The number of nitrogens with one attached hydrogen (secondary N) is 2. The highest BCUT2D eigenvalue weighted by atomic mass is 16.6. The summed E-state index contributed by atoms with van der Waals surface area (Å²) in [5, 5.41) is 25.2. The van der Waals surface area contributed by atoms with Gasteiger partial charge in [-0.25, -0.2) is 0 Å². The van der Waals surface area contributed by atoms with E-state index < -0.39 is 23.4 Å². The van der Waals surface area contributed by atoms with E-state index >= 15 is 0 Å². The molecule has 3 N–H and O–H groups in total. The van der Waals surface area contributed by atoms with Crippen molar-refractivity contribution in [3.05, 3.63) is 47.8 Å². The van der Waals surface area contributed by atoms with Crippen molar-refractivity contribution in [2.75, 3.05) is 36.0 Å². The molecule has 2 unspecified atom stereocenters. The molecule has 6 heterocycles. The van der Waals surface area contributed by atoms with Crippen LogP contribution in [0.3, 0.4) is 0 Å². The van der Waals surface area contributed by atoms with Gasteiger partial charge in [-0.15, -0.1) is 0 Å². The quantitative estimate of drug-likeness (QED) is 0.187. The van der Waals surface area contributed by atoms with Crippen molar-refractivity contribution >= 4 is 68.7 Å². The Morgan fingerprint density at radius 3 is 1.47 bits per heavy atom. The van der Waals surface area contributed by atoms with Crippen LogP contribution in [0, 0.1) is 11.8 Å². The molecule has 0 radical (unpaired) electrons. The van der Waals surface area contributed by atoms with Gasteiger partial charge >= 0.3 is 11.9 Å². The molecule has 4 aliphatic heterocycles. The van der Waals surface area contributed by atoms with E-state index in [1.54, 1.807) is 4.68 Å². The van der Waals surface area contributed by atoms with Crippen LogP contribution in [0.15, 0.2) is 36.4 Å². The normalized spacial score (nSPS) is 21.1. The fourth-order valence-corrected chi connectivity index (χ4v) is 8.73. The van der Waals surface area contributed by atoms with Crippen LogP contribution >= 0.6 is 0 Å². The molecule has 4 aliphatic rings. The van der Waals surface area contributed by atoms with Crippen molar-refractivity contribution in [3.8, 4) is 0 Å². The number of ether oxygens (including phenoxy) is 1. The van der Waals surface area contributed by atoms with Crippen LogP contribution in [0.25, 0.3) is 21.8 Å². The number of rotatable bonds is 6. The molecule has 2 aromatic heterocycles. The lowest BCUT2D eigenvalue weighted by molar-refractivity contribution is -0.160. The molecule has 2 atom stereocenters. The van der Waals surface area contributed by atoms with Crippen molar-refractivity contribution < 1.29 is 38.6 Å².